The monoisotopic (exact) mass is 297 g/mol. The van der Waals surface area contributed by atoms with Crippen LogP contribution >= 0.6 is 12.6 Å². The highest BCUT2D eigenvalue weighted by Gasteiger charge is 2.32. The van der Waals surface area contributed by atoms with Crippen molar-refractivity contribution in [1.82, 2.24) is 20.3 Å². The number of anilines is 2. The number of carbonyl (C=O) groups is 1. The summed E-state index contributed by atoms with van der Waals surface area (Å²) in [7, 11) is 0. The number of nitrogens with zero attached hydrogens (tertiary/aromatic N) is 3. The van der Waals surface area contributed by atoms with Gasteiger partial charge in [-0.1, -0.05) is 18.2 Å². The Hall–Kier alpha value is -2.54. The summed E-state index contributed by atoms with van der Waals surface area (Å²) in [5.41, 5.74) is 1.67. The number of pyridine rings is 1. The van der Waals surface area contributed by atoms with Crippen molar-refractivity contribution >= 4 is 40.9 Å². The lowest BCUT2D eigenvalue weighted by Gasteiger charge is -2.33. The topological polar surface area (TPSA) is 73.9 Å². The van der Waals surface area contributed by atoms with Crippen LogP contribution in [0, 0.1) is 0 Å². The molecule has 2 aromatic heterocycles. The van der Waals surface area contributed by atoms with Crippen LogP contribution in [0.25, 0.3) is 10.9 Å². The Morgan fingerprint density at radius 1 is 1.24 bits per heavy atom. The van der Waals surface area contributed by atoms with E-state index >= 15 is 0 Å². The molecule has 21 heavy (non-hydrogen) atoms. The minimum absolute atomic E-state index is 0.215. The highest BCUT2D eigenvalue weighted by atomic mass is 32.1. The van der Waals surface area contributed by atoms with Crippen LogP contribution < -0.4 is 10.2 Å². The zero-order chi connectivity index (χ0) is 14.4. The molecule has 104 valence electrons. The second-order valence-corrected chi connectivity index (χ2v) is 5.19. The molecule has 1 amide bonds. The average Bonchev–Trinajstić information content (AvgIpc) is 2.97. The first-order valence-electron chi connectivity index (χ1n) is 6.40. The molecule has 0 fully saturated rings. The summed E-state index contributed by atoms with van der Waals surface area (Å²) in [5.74, 6) is 0.336. The number of rotatable bonds is 1. The third kappa shape index (κ3) is 1.85. The third-order valence-corrected chi connectivity index (χ3v) is 3.79. The Morgan fingerprint density at radius 2 is 2.10 bits per heavy atom. The van der Waals surface area contributed by atoms with Crippen LogP contribution in [-0.4, -0.2) is 26.4 Å². The fourth-order valence-corrected chi connectivity index (χ4v) is 2.82. The number of H-pyrrole nitrogens is 1. The number of hydrogen-bond acceptors (Lipinski definition) is 5. The molecule has 1 aliphatic rings. The summed E-state index contributed by atoms with van der Waals surface area (Å²) < 4.78 is 0. The van der Waals surface area contributed by atoms with Gasteiger partial charge < -0.3 is 10.3 Å². The van der Waals surface area contributed by atoms with Gasteiger partial charge in [0.1, 0.15) is 5.69 Å². The fourth-order valence-electron chi connectivity index (χ4n) is 2.46. The summed E-state index contributed by atoms with van der Waals surface area (Å²) in [5, 5.41) is 3.79. The molecule has 0 bridgehead atoms. The van der Waals surface area contributed by atoms with E-state index in [-0.39, 0.29) is 5.91 Å². The number of carbonyl (C=O) groups excluding carboxylic acids is 1. The summed E-state index contributed by atoms with van der Waals surface area (Å²) in [6.07, 6.45) is 3.25. The van der Waals surface area contributed by atoms with Crippen molar-refractivity contribution in [2.24, 2.45) is 0 Å². The van der Waals surface area contributed by atoms with Crippen LogP contribution in [0.4, 0.5) is 11.5 Å². The predicted octanol–water partition coefficient (Wildman–Crippen LogP) is 2.05. The predicted molar refractivity (Wildman–Crippen MR) is 82.7 cm³/mol. The lowest BCUT2D eigenvalue weighted by Crippen LogP contribution is -2.47. The lowest BCUT2D eigenvalue weighted by molar-refractivity contribution is 0.0940. The van der Waals surface area contributed by atoms with Crippen LogP contribution in [0.5, 0.6) is 0 Å². The molecule has 1 aliphatic heterocycles. The molecule has 4 rings (SSSR count). The Morgan fingerprint density at radius 3 is 3.00 bits per heavy atom. The standard InChI is InChI=1S/C14H11N5OS/c20-13-11-12(17-7-16-11)19(14(21)18-13)9-5-8-3-1-2-4-10(8)15-6-9/h1-7,14,21H,(H,16,17)(H,18,20). The first-order valence-corrected chi connectivity index (χ1v) is 6.92. The molecule has 1 unspecified atom stereocenters. The Balaban J connectivity index is 1.88. The van der Waals surface area contributed by atoms with Crippen molar-refractivity contribution in [2.75, 3.05) is 4.90 Å². The number of imidazole rings is 1. The van der Waals surface area contributed by atoms with Gasteiger partial charge in [-0.25, -0.2) is 4.98 Å². The van der Waals surface area contributed by atoms with Gasteiger partial charge in [0, 0.05) is 5.39 Å². The molecule has 0 saturated carbocycles. The lowest BCUT2D eigenvalue weighted by atomic mass is 10.2. The number of nitrogens with one attached hydrogen (secondary N) is 2. The first kappa shape index (κ1) is 12.2. The van der Waals surface area contributed by atoms with Crippen LogP contribution in [0.1, 0.15) is 10.5 Å². The van der Waals surface area contributed by atoms with Gasteiger partial charge in [0.2, 0.25) is 0 Å². The number of fused-ring (bicyclic) bond motifs is 2. The second-order valence-electron chi connectivity index (χ2n) is 4.70. The van der Waals surface area contributed by atoms with Crippen molar-refractivity contribution in [3.63, 3.8) is 0 Å². The number of aromatic amines is 1. The van der Waals surface area contributed by atoms with E-state index in [0.717, 1.165) is 16.6 Å². The molecule has 0 saturated heterocycles. The van der Waals surface area contributed by atoms with Crippen molar-refractivity contribution in [3.8, 4) is 0 Å². The van der Waals surface area contributed by atoms with Crippen molar-refractivity contribution in [1.29, 1.82) is 0 Å². The van der Waals surface area contributed by atoms with Gasteiger partial charge in [-0.15, -0.1) is 12.6 Å². The molecule has 7 heteroatoms. The molecule has 0 aliphatic carbocycles. The first-order chi connectivity index (χ1) is 10.2. The van der Waals surface area contributed by atoms with E-state index in [0.29, 0.717) is 11.5 Å². The normalized spacial score (nSPS) is 17.7. The molecule has 2 N–H and O–H groups in total. The molecule has 6 nitrogen and oxygen atoms in total. The largest absolute Gasteiger partial charge is 0.339 e. The number of para-hydroxylation sites is 1. The maximum Gasteiger partial charge on any atom is 0.273 e. The zero-order valence-corrected chi connectivity index (χ0v) is 11.7. The van der Waals surface area contributed by atoms with E-state index in [1.807, 2.05) is 35.2 Å². The van der Waals surface area contributed by atoms with E-state index in [4.69, 9.17) is 0 Å². The SMILES string of the molecule is O=C1NC(S)N(c2cnc3ccccc3c2)c2nc[nH]c21. The van der Waals surface area contributed by atoms with Gasteiger partial charge in [-0.05, 0) is 12.1 Å². The average molecular weight is 297 g/mol. The Kier molecular flexibility index (Phi) is 2.61. The smallest absolute Gasteiger partial charge is 0.273 e. The van der Waals surface area contributed by atoms with Gasteiger partial charge in [-0.3, -0.25) is 14.7 Å². The Labute approximate surface area is 125 Å². The minimum Gasteiger partial charge on any atom is -0.339 e. The molecular weight excluding hydrogens is 286 g/mol. The van der Waals surface area contributed by atoms with Gasteiger partial charge >= 0.3 is 0 Å². The molecule has 3 heterocycles. The number of thiol groups is 1. The van der Waals surface area contributed by atoms with Crippen molar-refractivity contribution < 1.29 is 4.79 Å². The minimum atomic E-state index is -0.490. The van der Waals surface area contributed by atoms with E-state index in [1.54, 1.807) is 6.20 Å². The van der Waals surface area contributed by atoms with Crippen LogP contribution in [0.3, 0.4) is 0 Å². The quantitative estimate of drug-likeness (QED) is 0.601. The highest BCUT2D eigenvalue weighted by molar-refractivity contribution is 7.81. The van der Waals surface area contributed by atoms with Crippen molar-refractivity contribution in [2.45, 2.75) is 5.50 Å². The van der Waals surface area contributed by atoms with Gasteiger partial charge in [0.25, 0.3) is 5.91 Å². The zero-order valence-electron chi connectivity index (χ0n) is 10.8. The van der Waals surface area contributed by atoms with E-state index in [9.17, 15) is 4.79 Å². The fraction of sp³-hybridized carbons (Fsp3) is 0.0714. The van der Waals surface area contributed by atoms with Gasteiger partial charge in [-0.2, -0.15) is 0 Å². The number of amides is 1. The summed E-state index contributed by atoms with van der Waals surface area (Å²) >= 11 is 4.43. The highest BCUT2D eigenvalue weighted by Crippen LogP contribution is 2.33. The number of aromatic nitrogens is 3. The molecule has 0 radical (unpaired) electrons. The van der Waals surface area contributed by atoms with E-state index in [2.05, 4.69) is 32.9 Å². The van der Waals surface area contributed by atoms with Crippen molar-refractivity contribution in [3.05, 3.63) is 48.5 Å². The Bertz CT molecular complexity index is 846. The molecule has 1 aromatic carbocycles. The maximum atomic E-state index is 11.9. The van der Waals surface area contributed by atoms with Crippen LogP contribution in [0.15, 0.2) is 42.9 Å². The molecular formula is C14H11N5OS. The summed E-state index contributed by atoms with van der Waals surface area (Å²) in [6, 6.07) is 9.86. The number of benzene rings is 1. The molecule has 3 aromatic rings. The van der Waals surface area contributed by atoms with E-state index < -0.39 is 5.50 Å². The number of hydrogen-bond donors (Lipinski definition) is 3. The van der Waals surface area contributed by atoms with E-state index in [1.165, 1.54) is 6.33 Å². The van der Waals surface area contributed by atoms with Crippen LogP contribution in [-0.2, 0) is 0 Å². The van der Waals surface area contributed by atoms with Gasteiger partial charge in [0.05, 0.1) is 23.7 Å². The van der Waals surface area contributed by atoms with Crippen LogP contribution in [0.2, 0.25) is 0 Å². The summed E-state index contributed by atoms with van der Waals surface area (Å²) in [6.45, 7) is 0. The summed E-state index contributed by atoms with van der Waals surface area (Å²) in [4.78, 5) is 25.2. The molecule has 0 spiro atoms. The maximum absolute atomic E-state index is 11.9. The second kappa shape index (κ2) is 4.49. The molecule has 1 atom stereocenters. The van der Waals surface area contributed by atoms with Gasteiger partial charge in [0.15, 0.2) is 11.3 Å². The third-order valence-electron chi connectivity index (χ3n) is 3.43.